The molecule has 0 saturated heterocycles. The highest BCUT2D eigenvalue weighted by molar-refractivity contribution is 5.92. The number of pyridine rings is 1. The predicted molar refractivity (Wildman–Crippen MR) is 114 cm³/mol. The van der Waals surface area contributed by atoms with E-state index in [-0.39, 0.29) is 5.56 Å². The van der Waals surface area contributed by atoms with Crippen LogP contribution in [0.1, 0.15) is 34.6 Å². The second kappa shape index (κ2) is 9.67. The number of ether oxygens (including phenoxy) is 3. The molecule has 0 aliphatic heterocycles. The van der Waals surface area contributed by atoms with E-state index in [1.165, 1.54) is 18.8 Å². The van der Waals surface area contributed by atoms with Crippen LogP contribution in [0.15, 0.2) is 23.1 Å². The third kappa shape index (κ3) is 5.22. The van der Waals surface area contributed by atoms with Crippen LogP contribution in [0.5, 0.6) is 17.2 Å². The van der Waals surface area contributed by atoms with Gasteiger partial charge in [-0.25, -0.2) is 4.79 Å². The SMILES string of the molecule is CCn1cc(OC(=O)N(CC(C)C)CC(C)C)c2cc(OC)c(OC)cc2c1=O. The second-order valence-corrected chi connectivity index (χ2v) is 7.90. The quantitative estimate of drug-likeness (QED) is 0.661. The molecule has 0 aliphatic carbocycles. The summed E-state index contributed by atoms with van der Waals surface area (Å²) in [6, 6.07) is 3.30. The number of aromatic nitrogens is 1. The van der Waals surface area contributed by atoms with Crippen LogP contribution >= 0.6 is 0 Å². The summed E-state index contributed by atoms with van der Waals surface area (Å²) in [6.45, 7) is 11.8. The van der Waals surface area contributed by atoms with E-state index in [0.29, 0.717) is 59.5 Å². The van der Waals surface area contributed by atoms with Gasteiger partial charge in [-0.15, -0.1) is 0 Å². The number of benzene rings is 1. The maximum Gasteiger partial charge on any atom is 0.415 e. The van der Waals surface area contributed by atoms with Gasteiger partial charge in [-0.05, 0) is 30.9 Å². The molecule has 0 unspecified atom stereocenters. The Morgan fingerprint density at radius 3 is 1.93 bits per heavy atom. The standard InChI is InChI=1S/C22H32N2O5/c1-8-23-13-20(29-22(26)24(11-14(2)3)12-15(4)5)16-9-18(27-6)19(28-7)10-17(16)21(23)25/h9-10,13-15H,8,11-12H2,1-7H3. The molecule has 0 bridgehead atoms. The van der Waals surface area contributed by atoms with Crippen molar-refractivity contribution in [3.8, 4) is 17.2 Å². The largest absolute Gasteiger partial charge is 0.493 e. The van der Waals surface area contributed by atoms with Gasteiger partial charge in [0.2, 0.25) is 0 Å². The fourth-order valence-electron chi connectivity index (χ4n) is 3.26. The molecule has 29 heavy (non-hydrogen) atoms. The van der Waals surface area contributed by atoms with E-state index in [9.17, 15) is 9.59 Å². The van der Waals surface area contributed by atoms with Crippen molar-refractivity contribution in [3.05, 3.63) is 28.7 Å². The van der Waals surface area contributed by atoms with Crippen molar-refractivity contribution in [2.45, 2.75) is 41.2 Å². The summed E-state index contributed by atoms with van der Waals surface area (Å²) in [4.78, 5) is 27.5. The molecule has 7 nitrogen and oxygen atoms in total. The van der Waals surface area contributed by atoms with Crippen LogP contribution in [-0.2, 0) is 6.54 Å². The van der Waals surface area contributed by atoms with E-state index < -0.39 is 6.09 Å². The molecule has 1 heterocycles. The lowest BCUT2D eigenvalue weighted by Gasteiger charge is -2.26. The average molecular weight is 405 g/mol. The minimum atomic E-state index is -0.426. The number of fused-ring (bicyclic) bond motifs is 1. The smallest absolute Gasteiger partial charge is 0.415 e. The second-order valence-electron chi connectivity index (χ2n) is 7.90. The molecule has 2 aromatic rings. The summed E-state index contributed by atoms with van der Waals surface area (Å²) in [7, 11) is 3.04. The number of methoxy groups -OCH3 is 2. The molecule has 0 radical (unpaired) electrons. The number of hydrogen-bond acceptors (Lipinski definition) is 5. The number of amides is 1. The fraction of sp³-hybridized carbons (Fsp3) is 0.545. The maximum absolute atomic E-state index is 12.9. The van der Waals surface area contributed by atoms with Gasteiger partial charge in [0, 0.05) is 25.0 Å². The summed E-state index contributed by atoms with van der Waals surface area (Å²) < 4.78 is 18.0. The lowest BCUT2D eigenvalue weighted by molar-refractivity contribution is 0.140. The summed E-state index contributed by atoms with van der Waals surface area (Å²) in [6.07, 6.45) is 1.15. The molecule has 0 aliphatic rings. The summed E-state index contributed by atoms with van der Waals surface area (Å²) in [5.74, 6) is 1.86. The minimum absolute atomic E-state index is 0.176. The Bertz CT molecular complexity index is 908. The maximum atomic E-state index is 12.9. The van der Waals surface area contributed by atoms with Crippen molar-refractivity contribution in [2.24, 2.45) is 11.8 Å². The molecule has 0 spiro atoms. The molecule has 7 heteroatoms. The molecular formula is C22H32N2O5. The molecule has 2 rings (SSSR count). The fourth-order valence-corrected chi connectivity index (χ4v) is 3.26. The van der Waals surface area contributed by atoms with Gasteiger partial charge >= 0.3 is 6.09 Å². The highest BCUT2D eigenvalue weighted by Crippen LogP contribution is 2.35. The Hall–Kier alpha value is -2.70. The van der Waals surface area contributed by atoms with E-state index in [1.807, 2.05) is 6.92 Å². The van der Waals surface area contributed by atoms with E-state index in [0.717, 1.165) is 0 Å². The third-order valence-electron chi connectivity index (χ3n) is 4.52. The van der Waals surface area contributed by atoms with E-state index in [4.69, 9.17) is 14.2 Å². The van der Waals surface area contributed by atoms with E-state index >= 15 is 0 Å². The first-order chi connectivity index (χ1) is 13.7. The highest BCUT2D eigenvalue weighted by atomic mass is 16.6. The topological polar surface area (TPSA) is 70.0 Å². The van der Waals surface area contributed by atoms with Crippen molar-refractivity contribution < 1.29 is 19.0 Å². The lowest BCUT2D eigenvalue weighted by atomic mass is 10.1. The Morgan fingerprint density at radius 2 is 1.48 bits per heavy atom. The Morgan fingerprint density at radius 1 is 0.966 bits per heavy atom. The van der Waals surface area contributed by atoms with Crippen LogP contribution in [0.2, 0.25) is 0 Å². The molecule has 0 fully saturated rings. The normalized spacial score (nSPS) is 11.2. The summed E-state index contributed by atoms with van der Waals surface area (Å²) in [5, 5.41) is 0.925. The Balaban J connectivity index is 2.56. The molecule has 1 aromatic carbocycles. The van der Waals surface area contributed by atoms with Gasteiger partial charge in [0.25, 0.3) is 5.56 Å². The minimum Gasteiger partial charge on any atom is -0.493 e. The van der Waals surface area contributed by atoms with Gasteiger partial charge in [-0.2, -0.15) is 0 Å². The number of hydrogen-bond donors (Lipinski definition) is 0. The van der Waals surface area contributed by atoms with Crippen LogP contribution < -0.4 is 19.8 Å². The van der Waals surface area contributed by atoms with Crippen molar-refractivity contribution in [1.82, 2.24) is 9.47 Å². The molecule has 1 amide bonds. The lowest BCUT2D eigenvalue weighted by Crippen LogP contribution is -2.39. The van der Waals surface area contributed by atoms with E-state index in [2.05, 4.69) is 27.7 Å². The summed E-state index contributed by atoms with van der Waals surface area (Å²) in [5.41, 5.74) is -0.176. The molecule has 0 N–H and O–H groups in total. The zero-order valence-corrected chi connectivity index (χ0v) is 18.4. The van der Waals surface area contributed by atoms with Gasteiger partial charge < -0.3 is 23.7 Å². The third-order valence-corrected chi connectivity index (χ3v) is 4.52. The predicted octanol–water partition coefficient (Wildman–Crippen LogP) is 4.15. The van der Waals surface area contributed by atoms with Gasteiger partial charge in [0.15, 0.2) is 17.2 Å². The van der Waals surface area contributed by atoms with Crippen LogP contribution in [0.25, 0.3) is 10.8 Å². The number of aryl methyl sites for hydroxylation is 1. The first-order valence-corrected chi connectivity index (χ1v) is 9.97. The first-order valence-electron chi connectivity index (χ1n) is 9.97. The first kappa shape index (κ1) is 22.6. The highest BCUT2D eigenvalue weighted by Gasteiger charge is 2.21. The number of carbonyl (C=O) groups is 1. The zero-order chi connectivity index (χ0) is 21.7. The van der Waals surface area contributed by atoms with Gasteiger partial charge in [0.1, 0.15) is 0 Å². The molecule has 0 atom stereocenters. The van der Waals surface area contributed by atoms with Crippen molar-refractivity contribution >= 4 is 16.9 Å². The monoisotopic (exact) mass is 404 g/mol. The van der Waals surface area contributed by atoms with Crippen LogP contribution in [0.3, 0.4) is 0 Å². The van der Waals surface area contributed by atoms with Crippen molar-refractivity contribution in [3.63, 3.8) is 0 Å². The van der Waals surface area contributed by atoms with Crippen LogP contribution in [0, 0.1) is 11.8 Å². The Labute approximate surface area is 172 Å². The molecular weight excluding hydrogens is 372 g/mol. The summed E-state index contributed by atoms with van der Waals surface area (Å²) >= 11 is 0. The van der Waals surface area contributed by atoms with Crippen LogP contribution in [0.4, 0.5) is 4.79 Å². The molecule has 1 aromatic heterocycles. The number of rotatable bonds is 8. The number of carbonyl (C=O) groups excluding carboxylic acids is 1. The van der Waals surface area contributed by atoms with Gasteiger partial charge in [0.05, 0.1) is 25.8 Å². The van der Waals surface area contributed by atoms with Gasteiger partial charge in [-0.1, -0.05) is 27.7 Å². The number of nitrogens with zero attached hydrogens (tertiary/aromatic N) is 2. The van der Waals surface area contributed by atoms with Crippen molar-refractivity contribution in [2.75, 3.05) is 27.3 Å². The van der Waals surface area contributed by atoms with E-state index in [1.54, 1.807) is 23.2 Å². The Kier molecular flexibility index (Phi) is 7.53. The molecule has 160 valence electrons. The molecule has 0 saturated carbocycles. The average Bonchev–Trinajstić information content (AvgIpc) is 2.67. The van der Waals surface area contributed by atoms with Crippen LogP contribution in [-0.4, -0.2) is 42.9 Å². The zero-order valence-electron chi connectivity index (χ0n) is 18.4. The van der Waals surface area contributed by atoms with Crippen molar-refractivity contribution in [1.29, 1.82) is 0 Å². The van der Waals surface area contributed by atoms with Gasteiger partial charge in [-0.3, -0.25) is 4.79 Å².